The predicted molar refractivity (Wildman–Crippen MR) is 37.7 cm³/mol. The van der Waals surface area contributed by atoms with Crippen LogP contribution in [-0.4, -0.2) is 6.98 Å². The Balaban J connectivity index is 4.27. The van der Waals surface area contributed by atoms with Gasteiger partial charge < -0.3 is 12.9 Å². The number of hydrogen-bond acceptors (Lipinski definition) is 1. The Hall–Kier alpha value is -0.915. The van der Waals surface area contributed by atoms with E-state index in [4.69, 9.17) is 5.26 Å². The topological polar surface area (TPSA) is 23.8 Å². The summed E-state index contributed by atoms with van der Waals surface area (Å²) < 4.78 is 35.0. The monoisotopic (exact) mass is 162 g/mol. The molecule has 0 unspecified atom stereocenters. The van der Waals surface area contributed by atoms with E-state index in [0.29, 0.717) is 6.42 Å². The molecule has 0 saturated heterocycles. The second kappa shape index (κ2) is 4.07. The molecule has 5 heteroatoms. The molecule has 0 saturated carbocycles. The average molecular weight is 162 g/mol. The summed E-state index contributed by atoms with van der Waals surface area (Å²) in [5.74, 6) is 0.115. The van der Waals surface area contributed by atoms with Gasteiger partial charge >= 0.3 is 6.98 Å². The lowest BCUT2D eigenvalue weighted by Gasteiger charge is -2.07. The van der Waals surface area contributed by atoms with Crippen LogP contribution in [0.1, 0.15) is 19.8 Å². The fourth-order valence-corrected chi connectivity index (χ4v) is 0.674. The van der Waals surface area contributed by atoms with Crippen LogP contribution in [0.15, 0.2) is 11.5 Å². The first-order valence-electron chi connectivity index (χ1n) is 3.31. The van der Waals surface area contributed by atoms with Crippen molar-refractivity contribution in [3.05, 3.63) is 11.5 Å². The van der Waals surface area contributed by atoms with Gasteiger partial charge in [-0.1, -0.05) is 13.3 Å². The van der Waals surface area contributed by atoms with Crippen molar-refractivity contribution in [2.24, 2.45) is 0 Å². The molecule has 0 aromatic heterocycles. The highest BCUT2D eigenvalue weighted by Gasteiger charge is 2.19. The van der Waals surface area contributed by atoms with Crippen molar-refractivity contribution in [1.82, 2.24) is 0 Å². The lowest BCUT2D eigenvalue weighted by Crippen LogP contribution is -2.11. The van der Waals surface area contributed by atoms with E-state index in [1.54, 1.807) is 6.92 Å². The highest BCUT2D eigenvalue weighted by molar-refractivity contribution is 6.64. The summed E-state index contributed by atoms with van der Waals surface area (Å²) >= 11 is 0. The van der Waals surface area contributed by atoms with Gasteiger partial charge in [-0.2, -0.15) is 5.26 Å². The van der Waals surface area contributed by atoms with E-state index in [2.05, 4.69) is 0 Å². The maximum atomic E-state index is 11.7. The largest absolute Gasteiger partial charge is 0.503 e. The van der Waals surface area contributed by atoms with Crippen molar-refractivity contribution >= 4 is 6.98 Å². The van der Waals surface area contributed by atoms with Crippen LogP contribution in [0.25, 0.3) is 0 Å². The van der Waals surface area contributed by atoms with Crippen LogP contribution < -0.4 is 0 Å². The molecule has 0 rings (SSSR count). The molecule has 0 radical (unpaired) electrons. The lowest BCUT2D eigenvalue weighted by molar-refractivity contribution is 0.497. The zero-order chi connectivity index (χ0) is 8.91. The molecular formula is C6H8BF3N-. The first-order valence-corrected chi connectivity index (χ1v) is 3.31. The van der Waals surface area contributed by atoms with Gasteiger partial charge in [0.1, 0.15) is 0 Å². The van der Waals surface area contributed by atoms with E-state index in [1.807, 2.05) is 0 Å². The van der Waals surface area contributed by atoms with E-state index in [0.717, 1.165) is 0 Å². The van der Waals surface area contributed by atoms with Gasteiger partial charge in [-0.05, 0) is 12.0 Å². The summed E-state index contributed by atoms with van der Waals surface area (Å²) in [5.41, 5.74) is -0.181. The van der Waals surface area contributed by atoms with Crippen LogP contribution in [0.3, 0.4) is 0 Å². The zero-order valence-electron chi connectivity index (χ0n) is 6.15. The Morgan fingerprint density at radius 3 is 2.36 bits per heavy atom. The van der Waals surface area contributed by atoms with Crippen molar-refractivity contribution in [3.63, 3.8) is 0 Å². The van der Waals surface area contributed by atoms with Crippen LogP contribution in [0.4, 0.5) is 12.9 Å². The highest BCUT2D eigenvalue weighted by Crippen LogP contribution is 2.14. The number of hydrogen-bond donors (Lipinski definition) is 0. The fraction of sp³-hybridized carbons (Fsp3) is 0.500. The molecule has 0 aliphatic heterocycles. The molecule has 0 aliphatic rings. The van der Waals surface area contributed by atoms with Crippen LogP contribution in [-0.2, 0) is 0 Å². The molecule has 0 atom stereocenters. The summed E-state index contributed by atoms with van der Waals surface area (Å²) in [7, 11) is 0. The minimum Gasteiger partial charge on any atom is -0.445 e. The van der Waals surface area contributed by atoms with Crippen molar-refractivity contribution in [2.45, 2.75) is 19.8 Å². The molecule has 62 valence electrons. The van der Waals surface area contributed by atoms with Gasteiger partial charge in [0, 0.05) is 0 Å². The molecule has 0 amide bonds. The summed E-state index contributed by atoms with van der Waals surface area (Å²) in [5, 5.41) is 8.21. The molecule has 1 nitrogen and oxygen atoms in total. The highest BCUT2D eigenvalue weighted by atomic mass is 19.4. The Bertz CT molecular complexity index is 189. The number of halogens is 3. The third-order valence-corrected chi connectivity index (χ3v) is 1.05. The van der Waals surface area contributed by atoms with E-state index < -0.39 is 6.98 Å². The first kappa shape index (κ1) is 10.1. The van der Waals surface area contributed by atoms with E-state index in [1.165, 1.54) is 6.07 Å². The molecule has 0 aliphatic carbocycles. The van der Waals surface area contributed by atoms with Crippen molar-refractivity contribution in [2.75, 3.05) is 0 Å². The number of nitriles is 1. The molecular weight excluding hydrogens is 154 g/mol. The van der Waals surface area contributed by atoms with Crippen LogP contribution >= 0.6 is 0 Å². The Kier molecular flexibility index (Phi) is 3.73. The molecule has 0 bridgehead atoms. The fourth-order valence-electron chi connectivity index (χ4n) is 0.674. The van der Waals surface area contributed by atoms with Gasteiger partial charge in [-0.15, -0.1) is 5.98 Å². The zero-order valence-corrected chi connectivity index (χ0v) is 6.15. The lowest BCUT2D eigenvalue weighted by atomic mass is 9.87. The quantitative estimate of drug-likeness (QED) is 0.462. The molecule has 0 heterocycles. The summed E-state index contributed by atoms with van der Waals surface area (Å²) in [6.07, 6.45) is 0.767. The summed E-state index contributed by atoms with van der Waals surface area (Å²) in [4.78, 5) is 0. The molecule has 0 spiro atoms. The number of rotatable bonds is 3. The minimum absolute atomic E-state index is 0.115. The van der Waals surface area contributed by atoms with Gasteiger partial charge in [-0.25, -0.2) is 0 Å². The third-order valence-electron chi connectivity index (χ3n) is 1.05. The van der Waals surface area contributed by atoms with Gasteiger partial charge in [-0.3, -0.25) is 0 Å². The number of nitrogens with zero attached hydrogens (tertiary/aromatic N) is 1. The maximum absolute atomic E-state index is 11.7. The second-order valence-electron chi connectivity index (χ2n) is 2.18. The van der Waals surface area contributed by atoms with Gasteiger partial charge in [0.05, 0.1) is 6.07 Å². The number of allylic oxidation sites excluding steroid dienone is 1. The van der Waals surface area contributed by atoms with E-state index in [9.17, 15) is 12.9 Å². The molecule has 0 fully saturated rings. The summed E-state index contributed by atoms with van der Waals surface area (Å²) in [6.45, 7) is -3.22. The third kappa shape index (κ3) is 5.53. The Morgan fingerprint density at radius 2 is 2.09 bits per heavy atom. The van der Waals surface area contributed by atoms with Crippen molar-refractivity contribution < 1.29 is 12.9 Å². The second-order valence-corrected chi connectivity index (χ2v) is 2.18. The molecule has 0 N–H and O–H groups in total. The predicted octanol–water partition coefficient (Wildman–Crippen LogP) is 2.62. The SMILES string of the molecule is CCC/C(C#N)=C/[B-](F)(F)F. The van der Waals surface area contributed by atoms with Crippen LogP contribution in [0, 0.1) is 11.3 Å². The minimum atomic E-state index is -4.95. The van der Waals surface area contributed by atoms with Gasteiger partial charge in [0.15, 0.2) is 0 Å². The normalized spacial score (nSPS) is 12.8. The maximum Gasteiger partial charge on any atom is 0.503 e. The molecule has 11 heavy (non-hydrogen) atoms. The standard InChI is InChI=1S/C6H8BF3N/c1-2-3-6(5-11)4-7(8,9)10/h4H,2-3H2,1H3/q-1/b6-4-. The van der Waals surface area contributed by atoms with Gasteiger partial charge in [0.25, 0.3) is 0 Å². The van der Waals surface area contributed by atoms with Gasteiger partial charge in [0.2, 0.25) is 0 Å². The van der Waals surface area contributed by atoms with E-state index >= 15 is 0 Å². The van der Waals surface area contributed by atoms with Crippen molar-refractivity contribution in [3.8, 4) is 6.07 Å². The van der Waals surface area contributed by atoms with Crippen molar-refractivity contribution in [1.29, 1.82) is 5.26 Å². The summed E-state index contributed by atoms with van der Waals surface area (Å²) in [6, 6.07) is 1.52. The van der Waals surface area contributed by atoms with Crippen LogP contribution in [0.2, 0.25) is 0 Å². The van der Waals surface area contributed by atoms with E-state index in [-0.39, 0.29) is 18.0 Å². The first-order chi connectivity index (χ1) is 4.99. The molecule has 0 aromatic carbocycles. The van der Waals surface area contributed by atoms with Crippen LogP contribution in [0.5, 0.6) is 0 Å². The Labute approximate surface area is 63.6 Å². The Morgan fingerprint density at radius 1 is 1.55 bits per heavy atom. The average Bonchev–Trinajstić information content (AvgIpc) is 1.84. The molecule has 0 aromatic rings. The smallest absolute Gasteiger partial charge is 0.445 e.